The lowest BCUT2D eigenvalue weighted by Crippen LogP contribution is -2.55. The molecule has 2 N–H and O–H groups in total. The predicted octanol–water partition coefficient (Wildman–Crippen LogP) is 1.35. The van der Waals surface area contributed by atoms with Crippen molar-refractivity contribution in [3.63, 3.8) is 0 Å². The van der Waals surface area contributed by atoms with Gasteiger partial charge < -0.3 is 15.4 Å². The quantitative estimate of drug-likeness (QED) is 0.882. The zero-order valence-corrected chi connectivity index (χ0v) is 14.5. The molecule has 25 heavy (non-hydrogen) atoms. The van der Waals surface area contributed by atoms with Gasteiger partial charge in [-0.15, -0.1) is 0 Å². The Bertz CT molecular complexity index is 756. The Morgan fingerprint density at radius 2 is 2.20 bits per heavy atom. The minimum absolute atomic E-state index is 0.0202. The van der Waals surface area contributed by atoms with E-state index in [9.17, 15) is 4.79 Å². The Morgan fingerprint density at radius 3 is 3.00 bits per heavy atom. The number of benzene rings is 1. The van der Waals surface area contributed by atoms with Crippen molar-refractivity contribution in [1.29, 1.82) is 0 Å². The first kappa shape index (κ1) is 16.3. The summed E-state index contributed by atoms with van der Waals surface area (Å²) in [4.78, 5) is 12.5. The standard InChI is InChI=1S/C19H24N4O2/c1-13-18(20-10-11-25-13)19(24)21-12-16-15-8-5-9-17(15)23(22-16)14-6-3-2-4-7-14/h2-4,6-7,13,18,20H,5,8-12H2,1H3,(H,21,24)/t13-,18+/m1/s1. The largest absolute Gasteiger partial charge is 0.375 e. The molecule has 4 rings (SSSR count). The highest BCUT2D eigenvalue weighted by Gasteiger charge is 2.29. The van der Waals surface area contributed by atoms with Crippen molar-refractivity contribution in [2.24, 2.45) is 0 Å². The molecule has 6 nitrogen and oxygen atoms in total. The van der Waals surface area contributed by atoms with Gasteiger partial charge in [-0.05, 0) is 43.9 Å². The zero-order valence-electron chi connectivity index (χ0n) is 14.5. The number of hydrogen-bond acceptors (Lipinski definition) is 4. The van der Waals surface area contributed by atoms with Crippen LogP contribution in [0.4, 0.5) is 0 Å². The Balaban J connectivity index is 1.51. The summed E-state index contributed by atoms with van der Waals surface area (Å²) < 4.78 is 7.59. The number of morpholine rings is 1. The molecule has 2 heterocycles. The van der Waals surface area contributed by atoms with Crippen LogP contribution < -0.4 is 10.6 Å². The first-order chi connectivity index (χ1) is 12.2. The van der Waals surface area contributed by atoms with E-state index in [4.69, 9.17) is 9.84 Å². The van der Waals surface area contributed by atoms with Gasteiger partial charge in [0.2, 0.25) is 5.91 Å². The van der Waals surface area contributed by atoms with Crippen LogP contribution in [0.25, 0.3) is 5.69 Å². The number of carbonyl (C=O) groups is 1. The lowest BCUT2D eigenvalue weighted by molar-refractivity contribution is -0.129. The van der Waals surface area contributed by atoms with Crippen molar-refractivity contribution < 1.29 is 9.53 Å². The van der Waals surface area contributed by atoms with Crippen LogP contribution in [0.3, 0.4) is 0 Å². The van der Waals surface area contributed by atoms with E-state index in [1.165, 1.54) is 11.3 Å². The number of ether oxygens (including phenoxy) is 1. The van der Waals surface area contributed by atoms with Crippen LogP contribution in [-0.2, 0) is 28.9 Å². The van der Waals surface area contributed by atoms with Crippen LogP contribution >= 0.6 is 0 Å². The molecule has 0 bridgehead atoms. The second kappa shape index (κ2) is 6.98. The molecule has 1 aliphatic heterocycles. The highest BCUT2D eigenvalue weighted by atomic mass is 16.5. The predicted molar refractivity (Wildman–Crippen MR) is 94.6 cm³/mol. The van der Waals surface area contributed by atoms with Crippen molar-refractivity contribution in [3.8, 4) is 5.69 Å². The van der Waals surface area contributed by atoms with Gasteiger partial charge in [0.25, 0.3) is 0 Å². The maximum absolute atomic E-state index is 12.5. The molecule has 0 spiro atoms. The summed E-state index contributed by atoms with van der Waals surface area (Å²) >= 11 is 0. The van der Waals surface area contributed by atoms with Crippen LogP contribution in [0.15, 0.2) is 30.3 Å². The molecule has 0 radical (unpaired) electrons. The van der Waals surface area contributed by atoms with Crippen LogP contribution in [0, 0.1) is 0 Å². The van der Waals surface area contributed by atoms with Gasteiger partial charge in [-0.1, -0.05) is 18.2 Å². The van der Waals surface area contributed by atoms with Crippen LogP contribution in [0.5, 0.6) is 0 Å². The number of rotatable bonds is 4. The van der Waals surface area contributed by atoms with Crippen LogP contribution in [0.1, 0.15) is 30.3 Å². The summed E-state index contributed by atoms with van der Waals surface area (Å²) in [6.45, 7) is 3.75. The van der Waals surface area contributed by atoms with Gasteiger partial charge in [-0.3, -0.25) is 4.79 Å². The summed E-state index contributed by atoms with van der Waals surface area (Å²) in [5, 5.41) is 11.1. The number of nitrogens with one attached hydrogen (secondary N) is 2. The van der Waals surface area contributed by atoms with Gasteiger partial charge in [-0.2, -0.15) is 5.10 Å². The number of carbonyl (C=O) groups excluding carboxylic acids is 1. The molecule has 2 aliphatic rings. The van der Waals surface area contributed by atoms with E-state index in [-0.39, 0.29) is 18.1 Å². The van der Waals surface area contributed by atoms with E-state index in [2.05, 4.69) is 22.8 Å². The topological polar surface area (TPSA) is 68.2 Å². The summed E-state index contributed by atoms with van der Waals surface area (Å²) in [5.41, 5.74) is 4.64. The Hall–Kier alpha value is -2.18. The van der Waals surface area contributed by atoms with Crippen molar-refractivity contribution in [2.45, 2.75) is 44.9 Å². The average molecular weight is 340 g/mol. The third-order valence-electron chi connectivity index (χ3n) is 5.04. The first-order valence-electron chi connectivity index (χ1n) is 9.02. The maximum atomic E-state index is 12.5. The fraction of sp³-hybridized carbons (Fsp3) is 0.474. The third-order valence-corrected chi connectivity index (χ3v) is 5.04. The van der Waals surface area contributed by atoms with Crippen molar-refractivity contribution in [2.75, 3.05) is 13.2 Å². The summed E-state index contributed by atoms with van der Waals surface area (Å²) in [7, 11) is 0. The highest BCUT2D eigenvalue weighted by molar-refractivity contribution is 5.82. The Labute approximate surface area is 147 Å². The van der Waals surface area contributed by atoms with Gasteiger partial charge in [0.05, 0.1) is 30.6 Å². The molecule has 0 unspecified atom stereocenters. The van der Waals surface area contributed by atoms with E-state index < -0.39 is 0 Å². The summed E-state index contributed by atoms with van der Waals surface area (Å²) in [5.74, 6) is -0.0202. The SMILES string of the molecule is C[C@H]1OCCN[C@@H]1C(=O)NCc1nn(-c2ccccc2)c2c1CCC2. The minimum Gasteiger partial charge on any atom is -0.375 e. The molecule has 6 heteroatoms. The molecule has 0 saturated carbocycles. The molecule has 2 aromatic rings. The van der Waals surface area contributed by atoms with Crippen LogP contribution in [-0.4, -0.2) is 41.0 Å². The molecule has 2 atom stereocenters. The summed E-state index contributed by atoms with van der Waals surface area (Å²) in [6.07, 6.45) is 3.12. The normalized spacial score (nSPS) is 22.6. The Morgan fingerprint density at radius 1 is 1.36 bits per heavy atom. The number of hydrogen-bond donors (Lipinski definition) is 2. The van der Waals surface area contributed by atoms with E-state index in [1.54, 1.807) is 0 Å². The minimum atomic E-state index is -0.294. The van der Waals surface area contributed by atoms with Crippen molar-refractivity contribution in [3.05, 3.63) is 47.3 Å². The van der Waals surface area contributed by atoms with Crippen molar-refractivity contribution in [1.82, 2.24) is 20.4 Å². The van der Waals surface area contributed by atoms with E-state index in [0.29, 0.717) is 19.7 Å². The molecular weight excluding hydrogens is 316 g/mol. The summed E-state index contributed by atoms with van der Waals surface area (Å²) in [6, 6.07) is 9.90. The van der Waals surface area contributed by atoms with E-state index in [1.807, 2.05) is 29.8 Å². The molecular formula is C19H24N4O2. The fourth-order valence-electron chi connectivity index (χ4n) is 3.75. The molecule has 1 fully saturated rings. The average Bonchev–Trinajstić information content (AvgIpc) is 3.24. The van der Waals surface area contributed by atoms with Gasteiger partial charge in [0.15, 0.2) is 0 Å². The molecule has 1 aromatic carbocycles. The second-order valence-electron chi connectivity index (χ2n) is 6.70. The highest BCUT2D eigenvalue weighted by Crippen LogP contribution is 2.27. The van der Waals surface area contributed by atoms with E-state index >= 15 is 0 Å². The third kappa shape index (κ3) is 3.19. The van der Waals surface area contributed by atoms with Gasteiger partial charge >= 0.3 is 0 Å². The monoisotopic (exact) mass is 340 g/mol. The van der Waals surface area contributed by atoms with Crippen LogP contribution in [0.2, 0.25) is 0 Å². The maximum Gasteiger partial charge on any atom is 0.240 e. The number of nitrogens with zero attached hydrogens (tertiary/aromatic N) is 2. The van der Waals surface area contributed by atoms with Gasteiger partial charge in [0.1, 0.15) is 6.04 Å². The fourth-order valence-corrected chi connectivity index (χ4v) is 3.75. The zero-order chi connectivity index (χ0) is 17.2. The second-order valence-corrected chi connectivity index (χ2v) is 6.70. The molecule has 1 aromatic heterocycles. The molecule has 1 aliphatic carbocycles. The smallest absolute Gasteiger partial charge is 0.240 e. The van der Waals surface area contributed by atoms with E-state index in [0.717, 1.165) is 30.6 Å². The molecule has 1 saturated heterocycles. The first-order valence-corrected chi connectivity index (χ1v) is 9.02. The number of aromatic nitrogens is 2. The van der Waals surface area contributed by atoms with Gasteiger partial charge in [0, 0.05) is 12.2 Å². The number of para-hydroxylation sites is 1. The van der Waals surface area contributed by atoms with Gasteiger partial charge in [-0.25, -0.2) is 4.68 Å². The molecule has 132 valence electrons. The van der Waals surface area contributed by atoms with Crippen molar-refractivity contribution >= 4 is 5.91 Å². The number of amides is 1. The molecule has 1 amide bonds. The Kier molecular flexibility index (Phi) is 4.55. The number of fused-ring (bicyclic) bond motifs is 1. The lowest BCUT2D eigenvalue weighted by atomic mass is 10.1. The lowest BCUT2D eigenvalue weighted by Gasteiger charge is -2.29.